The molecule has 4 nitrogen and oxygen atoms in total. The van der Waals surface area contributed by atoms with Crippen LogP contribution in [0.4, 0.5) is 0 Å². The van der Waals surface area contributed by atoms with Crippen LogP contribution in [0.3, 0.4) is 0 Å². The van der Waals surface area contributed by atoms with E-state index in [-0.39, 0.29) is 11.5 Å². The minimum absolute atomic E-state index is 0.200. The van der Waals surface area contributed by atoms with E-state index in [0.717, 1.165) is 35.5 Å². The van der Waals surface area contributed by atoms with Crippen LogP contribution in [-0.2, 0) is 12.8 Å². The molecule has 0 spiro atoms. The molecule has 3 aromatic carbocycles. The Balaban J connectivity index is 1.46. The largest absolute Gasteiger partial charge is 0.504 e. The fourth-order valence-corrected chi connectivity index (χ4v) is 3.17. The van der Waals surface area contributed by atoms with Gasteiger partial charge in [-0.25, -0.2) is 0 Å². The van der Waals surface area contributed by atoms with E-state index < -0.39 is 0 Å². The first-order chi connectivity index (χ1) is 11.7. The number of rotatable bonds is 4. The first kappa shape index (κ1) is 13.3. The summed E-state index contributed by atoms with van der Waals surface area (Å²) in [7, 11) is 0. The van der Waals surface area contributed by atoms with Gasteiger partial charge in [-0.1, -0.05) is 36.4 Å². The SMILES string of the molecule is Oc1ccc(Cc2ccccc2Cc2ccc(O)c3c2O3)c2c1O2. The molecule has 0 aliphatic carbocycles. The lowest BCUT2D eigenvalue weighted by Gasteiger charge is -2.09. The highest BCUT2D eigenvalue weighted by Gasteiger charge is 2.30. The molecule has 4 heteroatoms. The second-order valence-corrected chi connectivity index (χ2v) is 6.13. The Bertz CT molecular complexity index is 911. The van der Waals surface area contributed by atoms with E-state index in [0.29, 0.717) is 11.5 Å². The van der Waals surface area contributed by atoms with Crippen LogP contribution in [0.1, 0.15) is 22.3 Å². The Hall–Kier alpha value is -3.14. The number of aromatic hydroxyl groups is 2. The van der Waals surface area contributed by atoms with Gasteiger partial charge in [0.2, 0.25) is 11.5 Å². The summed E-state index contributed by atoms with van der Waals surface area (Å²) in [6, 6.07) is 15.4. The molecule has 24 heavy (non-hydrogen) atoms. The van der Waals surface area contributed by atoms with Gasteiger partial charge in [-0.05, 0) is 23.3 Å². The number of phenolic OH excluding ortho intramolecular Hbond substituents is 2. The third-order valence-corrected chi connectivity index (χ3v) is 4.55. The molecule has 0 fully saturated rings. The van der Waals surface area contributed by atoms with Crippen molar-refractivity contribution < 1.29 is 19.7 Å². The van der Waals surface area contributed by atoms with Crippen molar-refractivity contribution in [2.24, 2.45) is 0 Å². The molecule has 0 radical (unpaired) electrons. The van der Waals surface area contributed by atoms with Gasteiger partial charge in [-0.3, -0.25) is 0 Å². The summed E-state index contributed by atoms with van der Waals surface area (Å²) in [5.74, 6) is 3.19. The van der Waals surface area contributed by atoms with Crippen molar-refractivity contribution in [1.82, 2.24) is 0 Å². The maximum Gasteiger partial charge on any atom is 0.211 e. The summed E-state index contributed by atoms with van der Waals surface area (Å²) >= 11 is 0. The molecule has 0 bridgehead atoms. The van der Waals surface area contributed by atoms with Gasteiger partial charge in [0.15, 0.2) is 23.0 Å². The molecule has 0 aromatic heterocycles. The number of fused-ring (bicyclic) bond motifs is 2. The molecule has 0 atom stereocenters. The van der Waals surface area contributed by atoms with E-state index >= 15 is 0 Å². The van der Waals surface area contributed by atoms with Gasteiger partial charge in [0, 0.05) is 24.0 Å². The van der Waals surface area contributed by atoms with Crippen molar-refractivity contribution in [2.45, 2.75) is 12.8 Å². The molecule has 2 heterocycles. The van der Waals surface area contributed by atoms with Gasteiger partial charge in [-0.2, -0.15) is 0 Å². The quantitative estimate of drug-likeness (QED) is 0.479. The number of hydrogen-bond donors (Lipinski definition) is 2. The zero-order valence-corrected chi connectivity index (χ0v) is 12.7. The van der Waals surface area contributed by atoms with Gasteiger partial charge >= 0.3 is 0 Å². The second-order valence-electron chi connectivity index (χ2n) is 6.13. The highest BCUT2D eigenvalue weighted by Crippen LogP contribution is 2.56. The van der Waals surface area contributed by atoms with Gasteiger partial charge < -0.3 is 19.7 Å². The predicted molar refractivity (Wildman–Crippen MR) is 88.4 cm³/mol. The molecule has 0 saturated carbocycles. The van der Waals surface area contributed by atoms with Crippen LogP contribution >= 0.6 is 0 Å². The highest BCUT2D eigenvalue weighted by molar-refractivity contribution is 5.68. The Morgan fingerprint density at radius 2 is 1.00 bits per heavy atom. The van der Waals surface area contributed by atoms with Crippen LogP contribution in [0.15, 0.2) is 48.5 Å². The van der Waals surface area contributed by atoms with Crippen molar-refractivity contribution in [3.63, 3.8) is 0 Å². The summed E-state index contributed by atoms with van der Waals surface area (Å²) in [5.41, 5.74) is 4.58. The van der Waals surface area contributed by atoms with Gasteiger partial charge in [0.25, 0.3) is 0 Å². The fraction of sp³-hybridized carbons (Fsp3) is 0.100. The number of hydrogen-bond acceptors (Lipinski definition) is 4. The summed E-state index contributed by atoms with van der Waals surface area (Å²) in [4.78, 5) is 0. The Kier molecular flexibility index (Phi) is 2.59. The predicted octanol–water partition coefficient (Wildman–Crippen LogP) is 4.49. The van der Waals surface area contributed by atoms with E-state index in [1.807, 2.05) is 24.3 Å². The molecule has 2 N–H and O–H groups in total. The molecular formula is C20H14O4. The number of phenols is 2. The molecular weight excluding hydrogens is 304 g/mol. The molecule has 3 aromatic rings. The molecule has 2 aliphatic heterocycles. The van der Waals surface area contributed by atoms with E-state index in [4.69, 9.17) is 9.47 Å². The van der Waals surface area contributed by atoms with Crippen molar-refractivity contribution in [2.75, 3.05) is 0 Å². The minimum Gasteiger partial charge on any atom is -0.504 e. The average molecular weight is 318 g/mol. The van der Waals surface area contributed by atoms with Crippen molar-refractivity contribution in [3.8, 4) is 34.5 Å². The summed E-state index contributed by atoms with van der Waals surface area (Å²) in [6.45, 7) is 0. The van der Waals surface area contributed by atoms with Gasteiger partial charge in [-0.15, -0.1) is 0 Å². The normalized spacial score (nSPS) is 12.7. The van der Waals surface area contributed by atoms with Crippen molar-refractivity contribution in [3.05, 3.63) is 70.8 Å². The number of benzene rings is 3. The van der Waals surface area contributed by atoms with Crippen molar-refractivity contribution >= 4 is 0 Å². The summed E-state index contributed by atoms with van der Waals surface area (Å²) in [6.07, 6.45) is 1.50. The van der Waals surface area contributed by atoms with E-state index in [2.05, 4.69) is 12.1 Å². The van der Waals surface area contributed by atoms with Crippen LogP contribution in [0.25, 0.3) is 0 Å². The Labute approximate surface area is 138 Å². The maximum absolute atomic E-state index is 9.61. The zero-order chi connectivity index (χ0) is 16.3. The standard InChI is InChI=1S/C20H14O4/c21-15-7-5-13(17-19(15)23-17)9-11-3-1-2-4-12(11)10-14-6-8-16(22)20-18(14)24-20/h1-8,21-22H,9-10H2. The second kappa shape index (κ2) is 4.68. The lowest BCUT2D eigenvalue weighted by Crippen LogP contribution is -1.96. The molecule has 5 rings (SSSR count). The van der Waals surface area contributed by atoms with Crippen LogP contribution < -0.4 is 9.47 Å². The summed E-state index contributed by atoms with van der Waals surface area (Å²) < 4.78 is 10.7. The van der Waals surface area contributed by atoms with E-state index in [1.54, 1.807) is 12.1 Å². The van der Waals surface area contributed by atoms with Crippen LogP contribution in [-0.4, -0.2) is 10.2 Å². The first-order valence-electron chi connectivity index (χ1n) is 7.83. The smallest absolute Gasteiger partial charge is 0.211 e. The highest BCUT2D eigenvalue weighted by atomic mass is 16.6. The average Bonchev–Trinajstić information content (AvgIpc) is 3.45. The topological polar surface area (TPSA) is 65.5 Å². The van der Waals surface area contributed by atoms with Gasteiger partial charge in [0.1, 0.15) is 0 Å². The molecule has 0 unspecified atom stereocenters. The minimum atomic E-state index is 0.200. The van der Waals surface area contributed by atoms with Crippen LogP contribution in [0.2, 0.25) is 0 Å². The zero-order valence-electron chi connectivity index (χ0n) is 12.7. The fourth-order valence-electron chi connectivity index (χ4n) is 3.17. The molecule has 0 saturated heterocycles. The Morgan fingerprint density at radius 3 is 1.46 bits per heavy atom. The van der Waals surface area contributed by atoms with Gasteiger partial charge in [0.05, 0.1) is 0 Å². The molecule has 2 aliphatic rings. The van der Waals surface area contributed by atoms with E-state index in [9.17, 15) is 10.2 Å². The van der Waals surface area contributed by atoms with Crippen molar-refractivity contribution in [1.29, 1.82) is 0 Å². The van der Waals surface area contributed by atoms with E-state index in [1.165, 1.54) is 11.1 Å². The van der Waals surface area contributed by atoms with Crippen LogP contribution in [0, 0.1) is 0 Å². The number of ether oxygens (including phenoxy) is 2. The Morgan fingerprint density at radius 1 is 0.542 bits per heavy atom. The maximum atomic E-state index is 9.61. The first-order valence-corrected chi connectivity index (χ1v) is 7.83. The molecule has 118 valence electrons. The lowest BCUT2D eigenvalue weighted by molar-refractivity contribution is 0.463. The monoisotopic (exact) mass is 318 g/mol. The lowest BCUT2D eigenvalue weighted by atomic mass is 9.95. The molecule has 0 amide bonds. The summed E-state index contributed by atoms with van der Waals surface area (Å²) in [5, 5.41) is 19.2. The third kappa shape index (κ3) is 2.07. The third-order valence-electron chi connectivity index (χ3n) is 4.55. The van der Waals surface area contributed by atoms with Crippen LogP contribution in [0.5, 0.6) is 34.5 Å².